The van der Waals surface area contributed by atoms with Crippen molar-refractivity contribution in [1.29, 1.82) is 0 Å². The van der Waals surface area contributed by atoms with E-state index in [0.717, 1.165) is 0 Å². The van der Waals surface area contributed by atoms with Crippen molar-refractivity contribution < 1.29 is 4.42 Å². The predicted molar refractivity (Wildman–Crippen MR) is 44.1 cm³/mol. The number of H-pyrrole nitrogens is 1. The Balaban J connectivity index is 1.93. The van der Waals surface area contributed by atoms with E-state index in [0.29, 0.717) is 11.7 Å². The second-order valence-electron chi connectivity index (χ2n) is 2.12. The molecule has 0 bridgehead atoms. The second kappa shape index (κ2) is 3.48. The molecule has 0 unspecified atom stereocenters. The monoisotopic (exact) mass is 178 g/mol. The first-order chi connectivity index (χ1) is 6.45. The minimum Gasteiger partial charge on any atom is -0.463 e. The van der Waals surface area contributed by atoms with Gasteiger partial charge in [0.1, 0.15) is 5.76 Å². The van der Waals surface area contributed by atoms with Gasteiger partial charge in [0, 0.05) is 0 Å². The zero-order valence-corrected chi connectivity index (χ0v) is 6.51. The third-order valence-corrected chi connectivity index (χ3v) is 1.24. The van der Waals surface area contributed by atoms with E-state index in [1.54, 1.807) is 18.4 Å². The van der Waals surface area contributed by atoms with Crippen LogP contribution in [0.25, 0.3) is 0 Å². The summed E-state index contributed by atoms with van der Waals surface area (Å²) in [5.74, 6) is 0.957. The molecular weight excluding hydrogens is 172 g/mol. The maximum Gasteiger partial charge on any atom is 0.283 e. The van der Waals surface area contributed by atoms with Crippen LogP contribution in [0.2, 0.25) is 0 Å². The Labute approximate surface area is 72.8 Å². The largest absolute Gasteiger partial charge is 0.463 e. The summed E-state index contributed by atoms with van der Waals surface area (Å²) in [6.45, 7) is 0. The summed E-state index contributed by atoms with van der Waals surface area (Å²) >= 11 is 0. The minimum atomic E-state index is 0.308. The van der Waals surface area contributed by atoms with E-state index in [-0.39, 0.29) is 0 Å². The Hall–Kier alpha value is -2.18. The van der Waals surface area contributed by atoms with E-state index >= 15 is 0 Å². The second-order valence-corrected chi connectivity index (χ2v) is 2.12. The van der Waals surface area contributed by atoms with Gasteiger partial charge in [0.2, 0.25) is 0 Å². The average molecular weight is 178 g/mol. The molecule has 66 valence electrons. The van der Waals surface area contributed by atoms with Gasteiger partial charge < -0.3 is 4.42 Å². The van der Waals surface area contributed by atoms with E-state index < -0.39 is 0 Å². The van der Waals surface area contributed by atoms with Crippen LogP contribution in [-0.4, -0.2) is 26.8 Å². The molecule has 2 aromatic rings. The van der Waals surface area contributed by atoms with E-state index in [9.17, 15) is 0 Å². The number of nitrogens with zero attached hydrogens (tertiary/aromatic N) is 4. The van der Waals surface area contributed by atoms with Crippen LogP contribution in [0.1, 0.15) is 5.76 Å². The molecular formula is C6H6N6O. The van der Waals surface area contributed by atoms with E-state index in [1.807, 2.05) is 0 Å². The number of rotatable bonds is 3. The topological polar surface area (TPSA) is 92.0 Å². The molecule has 13 heavy (non-hydrogen) atoms. The standard InChI is InChI=1S/C6H6N6O/c1-2-5(13-3-1)4-7-8-6-9-11-12-10-6/h1-4H,(H2,8,9,10,11,12). The molecule has 0 aliphatic heterocycles. The molecule has 0 saturated heterocycles. The number of nitrogens with one attached hydrogen (secondary N) is 2. The van der Waals surface area contributed by atoms with Gasteiger partial charge in [-0.25, -0.2) is 5.43 Å². The summed E-state index contributed by atoms with van der Waals surface area (Å²) in [5, 5.41) is 16.7. The maximum atomic E-state index is 5.00. The molecule has 2 N–H and O–H groups in total. The van der Waals surface area contributed by atoms with Crippen molar-refractivity contribution in [3.8, 4) is 0 Å². The highest BCUT2D eigenvalue weighted by atomic mass is 16.3. The van der Waals surface area contributed by atoms with Crippen LogP contribution in [0.15, 0.2) is 27.9 Å². The number of hydrogen-bond acceptors (Lipinski definition) is 6. The molecule has 2 rings (SSSR count). The average Bonchev–Trinajstić information content (AvgIpc) is 2.75. The van der Waals surface area contributed by atoms with Crippen LogP contribution in [0.4, 0.5) is 5.95 Å². The fourth-order valence-corrected chi connectivity index (χ4v) is 0.728. The van der Waals surface area contributed by atoms with Gasteiger partial charge in [0.05, 0.1) is 12.5 Å². The highest BCUT2D eigenvalue weighted by molar-refractivity contribution is 5.76. The van der Waals surface area contributed by atoms with Gasteiger partial charge in [0.25, 0.3) is 5.95 Å². The van der Waals surface area contributed by atoms with Crippen LogP contribution in [0.5, 0.6) is 0 Å². The quantitative estimate of drug-likeness (QED) is 0.518. The lowest BCUT2D eigenvalue weighted by Crippen LogP contribution is -1.91. The molecule has 0 amide bonds. The molecule has 0 aliphatic rings. The number of tetrazole rings is 1. The lowest BCUT2D eigenvalue weighted by Gasteiger charge is -1.87. The molecule has 0 aromatic carbocycles. The Morgan fingerprint density at radius 2 is 2.62 bits per heavy atom. The number of hydrogen-bond donors (Lipinski definition) is 2. The van der Waals surface area contributed by atoms with Crippen molar-refractivity contribution in [3.05, 3.63) is 24.2 Å². The van der Waals surface area contributed by atoms with Crippen LogP contribution in [-0.2, 0) is 0 Å². The highest BCUT2D eigenvalue weighted by Gasteiger charge is 1.92. The molecule has 0 saturated carbocycles. The molecule has 0 spiro atoms. The van der Waals surface area contributed by atoms with E-state index in [4.69, 9.17) is 4.42 Å². The number of furan rings is 1. The first kappa shape index (κ1) is 7.47. The molecule has 0 fully saturated rings. The van der Waals surface area contributed by atoms with Crippen LogP contribution in [0.3, 0.4) is 0 Å². The molecule has 7 heteroatoms. The lowest BCUT2D eigenvalue weighted by atomic mass is 10.5. The number of anilines is 1. The first-order valence-corrected chi connectivity index (χ1v) is 3.51. The third-order valence-electron chi connectivity index (χ3n) is 1.24. The van der Waals surface area contributed by atoms with E-state index in [1.165, 1.54) is 6.21 Å². The molecule has 0 atom stereocenters. The van der Waals surface area contributed by atoms with Crippen molar-refractivity contribution in [3.63, 3.8) is 0 Å². The summed E-state index contributed by atoms with van der Waals surface area (Å²) in [4.78, 5) is 0. The zero-order valence-electron chi connectivity index (χ0n) is 6.51. The fourth-order valence-electron chi connectivity index (χ4n) is 0.728. The maximum absolute atomic E-state index is 5.00. The van der Waals surface area contributed by atoms with Crippen molar-refractivity contribution in [1.82, 2.24) is 20.6 Å². The number of aromatic amines is 1. The molecule has 0 aliphatic carbocycles. The summed E-state index contributed by atoms with van der Waals surface area (Å²) in [7, 11) is 0. The Morgan fingerprint density at radius 3 is 3.31 bits per heavy atom. The van der Waals surface area contributed by atoms with Crippen molar-refractivity contribution in [2.24, 2.45) is 5.10 Å². The summed E-state index contributed by atoms with van der Waals surface area (Å²) in [6.07, 6.45) is 3.08. The normalized spacial score (nSPS) is 10.8. The summed E-state index contributed by atoms with van der Waals surface area (Å²) in [5.41, 5.74) is 2.56. The van der Waals surface area contributed by atoms with Gasteiger partial charge in [-0.1, -0.05) is 5.10 Å². The summed E-state index contributed by atoms with van der Waals surface area (Å²) < 4.78 is 5.00. The molecule has 2 aromatic heterocycles. The van der Waals surface area contributed by atoms with Gasteiger partial charge in [-0.15, -0.1) is 5.10 Å². The fraction of sp³-hybridized carbons (Fsp3) is 0. The van der Waals surface area contributed by atoms with Gasteiger partial charge in [-0.3, -0.25) is 0 Å². The van der Waals surface area contributed by atoms with Gasteiger partial charge in [-0.05, 0) is 17.3 Å². The minimum absolute atomic E-state index is 0.308. The zero-order chi connectivity index (χ0) is 8.93. The predicted octanol–water partition coefficient (Wildman–Crippen LogP) is 0.239. The number of aromatic nitrogens is 4. The highest BCUT2D eigenvalue weighted by Crippen LogP contribution is 1.95. The SMILES string of the molecule is C(=NNc1nn[nH]n1)c1ccco1. The van der Waals surface area contributed by atoms with Crippen molar-refractivity contribution in [2.75, 3.05) is 5.43 Å². The van der Waals surface area contributed by atoms with Gasteiger partial charge >= 0.3 is 0 Å². The summed E-state index contributed by atoms with van der Waals surface area (Å²) in [6, 6.07) is 3.55. The van der Waals surface area contributed by atoms with Crippen molar-refractivity contribution >= 4 is 12.2 Å². The Morgan fingerprint density at radius 1 is 1.62 bits per heavy atom. The molecule has 2 heterocycles. The lowest BCUT2D eigenvalue weighted by molar-refractivity contribution is 0.560. The van der Waals surface area contributed by atoms with Gasteiger partial charge in [0.15, 0.2) is 0 Å². The van der Waals surface area contributed by atoms with Crippen LogP contribution >= 0.6 is 0 Å². The number of hydrazone groups is 1. The smallest absolute Gasteiger partial charge is 0.283 e. The molecule has 7 nitrogen and oxygen atoms in total. The molecule has 0 radical (unpaired) electrons. The Bertz CT molecular complexity index is 364. The first-order valence-electron chi connectivity index (χ1n) is 3.51. The third kappa shape index (κ3) is 1.89. The van der Waals surface area contributed by atoms with Gasteiger partial charge in [-0.2, -0.15) is 10.3 Å². The van der Waals surface area contributed by atoms with Crippen LogP contribution < -0.4 is 5.43 Å². The Kier molecular flexibility index (Phi) is 2.00. The van der Waals surface area contributed by atoms with Crippen LogP contribution in [0, 0.1) is 0 Å². The van der Waals surface area contributed by atoms with Crippen molar-refractivity contribution in [2.45, 2.75) is 0 Å². The van der Waals surface area contributed by atoms with E-state index in [2.05, 4.69) is 31.2 Å².